The lowest BCUT2D eigenvalue weighted by Crippen LogP contribution is -2.53. The molecule has 0 radical (unpaired) electrons. The Balaban J connectivity index is 1.98. The summed E-state index contributed by atoms with van der Waals surface area (Å²) in [4.78, 5) is 33.8. The molecule has 2 rings (SSSR count). The molecule has 2 heterocycles. The zero-order chi connectivity index (χ0) is 17.2. The second-order valence-corrected chi connectivity index (χ2v) is 6.69. The van der Waals surface area contributed by atoms with Gasteiger partial charge in [-0.25, -0.2) is 9.78 Å². The molecule has 1 aliphatic rings. The van der Waals surface area contributed by atoms with Crippen LogP contribution in [0.25, 0.3) is 0 Å². The molecule has 8 heteroatoms. The minimum atomic E-state index is -0.541. The Bertz CT molecular complexity index is 582. The number of nitrogens with zero attached hydrogens (tertiary/aromatic N) is 4. The van der Waals surface area contributed by atoms with E-state index in [1.807, 2.05) is 32.6 Å². The number of hydrogen-bond donors (Lipinski definition) is 0. The predicted octanol–water partition coefficient (Wildman–Crippen LogP) is 2.00. The molecule has 0 aliphatic carbocycles. The standard InChI is InChI=1S/C15H22N4O4/c1-11-10-17(23-14(20)15(2,3)4)7-8-18(11)13-6-5-12(9-16-13)19(21)22/h5-6,9,11H,7-8,10H2,1-4H3/t11-/m1/s1. The van der Waals surface area contributed by atoms with Gasteiger partial charge in [-0.05, 0) is 33.8 Å². The maximum Gasteiger partial charge on any atom is 0.330 e. The van der Waals surface area contributed by atoms with E-state index in [0.29, 0.717) is 25.5 Å². The molecule has 126 valence electrons. The molecule has 8 nitrogen and oxygen atoms in total. The third-order valence-electron chi connectivity index (χ3n) is 3.65. The number of aromatic nitrogens is 1. The van der Waals surface area contributed by atoms with E-state index in [9.17, 15) is 14.9 Å². The highest BCUT2D eigenvalue weighted by molar-refractivity contribution is 5.75. The summed E-state index contributed by atoms with van der Waals surface area (Å²) in [6, 6.07) is 3.16. The normalized spacial score (nSPS) is 19.5. The van der Waals surface area contributed by atoms with Crippen LogP contribution < -0.4 is 4.90 Å². The molecule has 1 aliphatic heterocycles. The van der Waals surface area contributed by atoms with E-state index < -0.39 is 10.3 Å². The fourth-order valence-electron chi connectivity index (χ4n) is 2.26. The van der Waals surface area contributed by atoms with Gasteiger partial charge in [0.15, 0.2) is 0 Å². The van der Waals surface area contributed by atoms with Gasteiger partial charge in [0.1, 0.15) is 12.0 Å². The molecule has 0 amide bonds. The van der Waals surface area contributed by atoms with Gasteiger partial charge in [0.25, 0.3) is 5.69 Å². The van der Waals surface area contributed by atoms with Crippen molar-refractivity contribution in [3.63, 3.8) is 0 Å². The van der Waals surface area contributed by atoms with Gasteiger partial charge in [0.05, 0.1) is 23.4 Å². The Morgan fingerprint density at radius 1 is 1.39 bits per heavy atom. The van der Waals surface area contributed by atoms with Crippen molar-refractivity contribution in [2.24, 2.45) is 5.41 Å². The van der Waals surface area contributed by atoms with Crippen molar-refractivity contribution in [2.75, 3.05) is 24.5 Å². The van der Waals surface area contributed by atoms with Crippen LogP contribution in [-0.2, 0) is 9.63 Å². The quantitative estimate of drug-likeness (QED) is 0.621. The largest absolute Gasteiger partial charge is 0.367 e. The zero-order valence-electron chi connectivity index (χ0n) is 13.9. The molecule has 1 fully saturated rings. The molecule has 23 heavy (non-hydrogen) atoms. The highest BCUT2D eigenvalue weighted by Gasteiger charge is 2.31. The molecule has 0 spiro atoms. The van der Waals surface area contributed by atoms with Gasteiger partial charge >= 0.3 is 5.97 Å². The third-order valence-corrected chi connectivity index (χ3v) is 3.65. The molecule has 1 aromatic heterocycles. The Morgan fingerprint density at radius 2 is 2.09 bits per heavy atom. The summed E-state index contributed by atoms with van der Waals surface area (Å²) < 4.78 is 0. The summed E-state index contributed by atoms with van der Waals surface area (Å²) in [6.45, 7) is 9.19. The van der Waals surface area contributed by atoms with Crippen molar-refractivity contribution >= 4 is 17.5 Å². The number of rotatable bonds is 3. The SMILES string of the molecule is C[C@@H]1CN(OC(=O)C(C)(C)C)CCN1c1ccc([N+](=O)[O-])cn1. The van der Waals surface area contributed by atoms with Crippen LogP contribution in [0, 0.1) is 15.5 Å². The Kier molecular flexibility index (Phi) is 4.84. The van der Waals surface area contributed by atoms with Gasteiger partial charge in [-0.1, -0.05) is 0 Å². The second kappa shape index (κ2) is 6.49. The summed E-state index contributed by atoms with van der Waals surface area (Å²) in [5.41, 5.74) is -0.570. The van der Waals surface area contributed by atoms with Crippen LogP contribution in [-0.4, -0.2) is 46.6 Å². The minimum Gasteiger partial charge on any atom is -0.367 e. The molecule has 0 aromatic carbocycles. The van der Waals surface area contributed by atoms with Crippen molar-refractivity contribution in [3.05, 3.63) is 28.4 Å². The molecule has 1 atom stereocenters. The van der Waals surface area contributed by atoms with Gasteiger partial charge in [-0.3, -0.25) is 10.1 Å². The molecule has 0 saturated carbocycles. The highest BCUT2D eigenvalue weighted by atomic mass is 16.7. The van der Waals surface area contributed by atoms with Crippen LogP contribution in [0.15, 0.2) is 18.3 Å². The average molecular weight is 322 g/mol. The zero-order valence-corrected chi connectivity index (χ0v) is 13.9. The molecular weight excluding hydrogens is 300 g/mol. The first-order valence-electron chi connectivity index (χ1n) is 7.53. The first-order chi connectivity index (χ1) is 10.7. The molecule has 1 aromatic rings. The molecule has 1 saturated heterocycles. The number of nitro groups is 1. The van der Waals surface area contributed by atoms with Gasteiger partial charge in [0.2, 0.25) is 0 Å². The van der Waals surface area contributed by atoms with Crippen LogP contribution >= 0.6 is 0 Å². The van der Waals surface area contributed by atoms with Gasteiger partial charge < -0.3 is 9.74 Å². The maximum atomic E-state index is 11.9. The van der Waals surface area contributed by atoms with Crippen LogP contribution in [0.1, 0.15) is 27.7 Å². The summed E-state index contributed by atoms with van der Waals surface area (Å²) in [5.74, 6) is 0.427. The number of hydrogen-bond acceptors (Lipinski definition) is 7. The van der Waals surface area contributed by atoms with E-state index in [1.165, 1.54) is 12.3 Å². The summed E-state index contributed by atoms with van der Waals surface area (Å²) >= 11 is 0. The van der Waals surface area contributed by atoms with Gasteiger partial charge in [-0.15, -0.1) is 5.06 Å². The summed E-state index contributed by atoms with van der Waals surface area (Å²) in [7, 11) is 0. The van der Waals surface area contributed by atoms with E-state index in [1.54, 1.807) is 11.1 Å². The topological polar surface area (TPSA) is 88.8 Å². The number of anilines is 1. The highest BCUT2D eigenvalue weighted by Crippen LogP contribution is 2.22. The average Bonchev–Trinajstić information content (AvgIpc) is 2.46. The molecule has 0 bridgehead atoms. The Labute approximate surface area is 135 Å². The summed E-state index contributed by atoms with van der Waals surface area (Å²) in [6.07, 6.45) is 1.26. The fourth-order valence-corrected chi connectivity index (χ4v) is 2.26. The van der Waals surface area contributed by atoms with E-state index in [2.05, 4.69) is 4.98 Å². The van der Waals surface area contributed by atoms with Crippen LogP contribution in [0.4, 0.5) is 11.5 Å². The number of carbonyl (C=O) groups is 1. The molecule has 0 unspecified atom stereocenters. The monoisotopic (exact) mass is 322 g/mol. The lowest BCUT2D eigenvalue weighted by atomic mass is 9.98. The predicted molar refractivity (Wildman–Crippen MR) is 84.8 cm³/mol. The van der Waals surface area contributed by atoms with Crippen molar-refractivity contribution in [3.8, 4) is 0 Å². The second-order valence-electron chi connectivity index (χ2n) is 6.69. The lowest BCUT2D eigenvalue weighted by Gasteiger charge is -2.39. The van der Waals surface area contributed by atoms with Crippen molar-refractivity contribution in [1.29, 1.82) is 0 Å². The fraction of sp³-hybridized carbons (Fsp3) is 0.600. The summed E-state index contributed by atoms with van der Waals surface area (Å²) in [5, 5.41) is 12.3. The lowest BCUT2D eigenvalue weighted by molar-refractivity contribution is -0.385. The van der Waals surface area contributed by atoms with E-state index in [4.69, 9.17) is 4.84 Å². The minimum absolute atomic E-state index is 0.0286. The molecular formula is C15H22N4O4. The van der Waals surface area contributed by atoms with Crippen molar-refractivity contribution in [2.45, 2.75) is 33.7 Å². The first-order valence-corrected chi connectivity index (χ1v) is 7.53. The van der Waals surface area contributed by atoms with Crippen molar-refractivity contribution < 1.29 is 14.6 Å². The van der Waals surface area contributed by atoms with E-state index in [-0.39, 0.29) is 17.7 Å². The van der Waals surface area contributed by atoms with Crippen molar-refractivity contribution in [1.82, 2.24) is 10.0 Å². The van der Waals surface area contributed by atoms with Crippen LogP contribution in [0.2, 0.25) is 0 Å². The number of hydroxylamine groups is 2. The Morgan fingerprint density at radius 3 is 2.57 bits per heavy atom. The number of piperazine rings is 1. The van der Waals surface area contributed by atoms with Crippen LogP contribution in [0.5, 0.6) is 0 Å². The van der Waals surface area contributed by atoms with Gasteiger partial charge in [-0.2, -0.15) is 0 Å². The number of pyridine rings is 1. The van der Waals surface area contributed by atoms with Gasteiger partial charge in [0, 0.05) is 18.7 Å². The first kappa shape index (κ1) is 17.1. The maximum absolute atomic E-state index is 11.9. The van der Waals surface area contributed by atoms with E-state index >= 15 is 0 Å². The molecule has 0 N–H and O–H groups in total. The van der Waals surface area contributed by atoms with Crippen LogP contribution in [0.3, 0.4) is 0 Å². The Hall–Kier alpha value is -2.22. The number of carbonyl (C=O) groups excluding carboxylic acids is 1. The smallest absolute Gasteiger partial charge is 0.330 e. The van der Waals surface area contributed by atoms with E-state index in [0.717, 1.165) is 0 Å². The third kappa shape index (κ3) is 4.16.